The minimum atomic E-state index is -0.473. The van der Waals surface area contributed by atoms with Crippen molar-refractivity contribution in [1.29, 1.82) is 0 Å². The number of hydrogen-bond acceptors (Lipinski definition) is 8. The van der Waals surface area contributed by atoms with Crippen molar-refractivity contribution >= 4 is 68.5 Å². The fraction of sp³-hybridized carbons (Fsp3) is 0.140. The molecule has 0 fully saturated rings. The lowest BCUT2D eigenvalue weighted by atomic mass is 9.64. The largest absolute Gasteiger partial charge is 0.310 e. The second kappa shape index (κ2) is 21.4. The molecule has 8 nitrogen and oxygen atoms in total. The lowest BCUT2D eigenvalue weighted by Crippen LogP contribution is -2.40. The van der Waals surface area contributed by atoms with Crippen LogP contribution in [0.2, 0.25) is 0 Å². The number of anilines is 12. The van der Waals surface area contributed by atoms with E-state index in [0.29, 0.717) is 5.82 Å². The lowest BCUT2D eigenvalue weighted by Gasteiger charge is -2.49. The summed E-state index contributed by atoms with van der Waals surface area (Å²) in [5.41, 5.74) is 25.5. The summed E-state index contributed by atoms with van der Waals surface area (Å²) in [6.45, 7) is 16.7. The molecule has 1 unspecified atom stereocenters. The number of aromatic nitrogens is 4. The van der Waals surface area contributed by atoms with E-state index in [1.807, 2.05) is 24.5 Å². The lowest BCUT2D eigenvalue weighted by molar-refractivity contribution is 0.547. The van der Waals surface area contributed by atoms with Gasteiger partial charge in [-0.25, -0.2) is 19.9 Å². The SMILES string of the molecule is CC1(C)c2cc(N(c3ccccc3)c3cccc(CC4(C)c5cccnc5N5c6ccc(-c7nc(-c8ccccc8)cc(-c8ccccc8)n7)cc6C(C)(C)c6cccc4c65)c3)ccc2N2c3ncccc3C(C)(C)c3cc(N(c4ccccc4)c4ccccc4)cc1c32. The summed E-state index contributed by atoms with van der Waals surface area (Å²) in [6.07, 6.45) is 4.63. The number of fused-ring (bicyclic) bond motifs is 8. The Labute approximate surface area is 550 Å². The molecule has 7 heterocycles. The maximum Gasteiger partial charge on any atom is 0.160 e. The van der Waals surface area contributed by atoms with Crippen LogP contribution in [-0.4, -0.2) is 19.9 Å². The highest BCUT2D eigenvalue weighted by molar-refractivity contribution is 5.96. The third kappa shape index (κ3) is 8.80. The van der Waals surface area contributed by atoms with Crippen molar-refractivity contribution in [3.05, 3.63) is 335 Å². The molecule has 17 rings (SSSR count). The van der Waals surface area contributed by atoms with Gasteiger partial charge in [0.05, 0.1) is 34.1 Å². The van der Waals surface area contributed by atoms with Gasteiger partial charge in [-0.15, -0.1) is 0 Å². The Kier molecular flexibility index (Phi) is 12.9. The molecule has 0 amide bonds. The molecule has 454 valence electrons. The minimum Gasteiger partial charge on any atom is -0.310 e. The van der Waals surface area contributed by atoms with Gasteiger partial charge in [-0.05, 0) is 161 Å². The van der Waals surface area contributed by atoms with E-state index in [1.165, 1.54) is 61.4 Å². The maximum absolute atomic E-state index is 5.35. The molecule has 3 aromatic heterocycles. The van der Waals surface area contributed by atoms with Gasteiger partial charge in [0.1, 0.15) is 11.6 Å². The molecule has 0 aliphatic carbocycles. The summed E-state index contributed by atoms with van der Waals surface area (Å²) in [4.78, 5) is 30.9. The zero-order valence-corrected chi connectivity index (χ0v) is 53.9. The monoisotopic (exact) mass is 1210 g/mol. The molecule has 0 N–H and O–H groups in total. The fourth-order valence-electron chi connectivity index (χ4n) is 15.9. The summed E-state index contributed by atoms with van der Waals surface area (Å²) >= 11 is 0. The second-order valence-electron chi connectivity index (χ2n) is 27.4. The summed E-state index contributed by atoms with van der Waals surface area (Å²) < 4.78 is 0. The molecule has 8 heteroatoms. The van der Waals surface area contributed by atoms with Crippen LogP contribution < -0.4 is 19.6 Å². The fourth-order valence-corrected chi connectivity index (χ4v) is 15.9. The predicted octanol–water partition coefficient (Wildman–Crippen LogP) is 21.9. The molecular formula is C86H70N8. The quantitative estimate of drug-likeness (QED) is 0.127. The molecule has 0 spiro atoms. The third-order valence-corrected chi connectivity index (χ3v) is 20.7. The number of para-hydroxylation sites is 4. The maximum atomic E-state index is 5.35. The van der Waals surface area contributed by atoms with Crippen molar-refractivity contribution in [1.82, 2.24) is 19.9 Å². The number of benzene rings is 10. The van der Waals surface area contributed by atoms with Crippen molar-refractivity contribution < 1.29 is 0 Å². The Bertz CT molecular complexity index is 5030. The first-order valence-electron chi connectivity index (χ1n) is 32.7. The van der Waals surface area contributed by atoms with Gasteiger partial charge in [-0.2, -0.15) is 0 Å². The van der Waals surface area contributed by atoms with Crippen LogP contribution in [0.5, 0.6) is 0 Å². The van der Waals surface area contributed by atoms with E-state index in [0.717, 1.165) is 91.6 Å². The van der Waals surface area contributed by atoms with E-state index in [-0.39, 0.29) is 5.41 Å². The van der Waals surface area contributed by atoms with Crippen molar-refractivity contribution in [3.8, 4) is 33.9 Å². The average molecular weight is 1220 g/mol. The highest BCUT2D eigenvalue weighted by Gasteiger charge is 2.50. The minimum absolute atomic E-state index is 0.358. The van der Waals surface area contributed by atoms with E-state index in [4.69, 9.17) is 19.9 Å². The molecule has 0 radical (unpaired) electrons. The number of rotatable bonds is 11. The van der Waals surface area contributed by atoms with Gasteiger partial charge in [0.25, 0.3) is 0 Å². The third-order valence-electron chi connectivity index (χ3n) is 20.7. The molecule has 0 saturated heterocycles. The molecule has 0 bridgehead atoms. The van der Waals surface area contributed by atoms with Gasteiger partial charge < -0.3 is 9.80 Å². The van der Waals surface area contributed by atoms with Crippen LogP contribution in [0, 0.1) is 0 Å². The van der Waals surface area contributed by atoms with Crippen LogP contribution in [0.15, 0.2) is 285 Å². The number of pyridine rings is 2. The predicted molar refractivity (Wildman–Crippen MR) is 386 cm³/mol. The van der Waals surface area contributed by atoms with Crippen molar-refractivity contribution in [2.45, 2.75) is 76.5 Å². The Balaban J connectivity index is 0.768. The summed E-state index contributed by atoms with van der Waals surface area (Å²) in [7, 11) is 0. The average Bonchev–Trinajstić information content (AvgIpc) is 0.694. The Morgan fingerprint density at radius 3 is 1.32 bits per heavy atom. The van der Waals surface area contributed by atoms with Crippen LogP contribution in [0.25, 0.3) is 33.9 Å². The highest BCUT2D eigenvalue weighted by Crippen LogP contribution is 2.63. The topological polar surface area (TPSA) is 64.5 Å². The van der Waals surface area contributed by atoms with Gasteiger partial charge in [0.2, 0.25) is 0 Å². The van der Waals surface area contributed by atoms with Crippen LogP contribution in [0.4, 0.5) is 68.5 Å². The first-order valence-corrected chi connectivity index (χ1v) is 32.7. The first-order chi connectivity index (χ1) is 45.8. The van der Waals surface area contributed by atoms with Crippen LogP contribution in [0.1, 0.15) is 98.5 Å². The summed E-state index contributed by atoms with van der Waals surface area (Å²) in [5, 5.41) is 0. The van der Waals surface area contributed by atoms with E-state index in [2.05, 4.69) is 329 Å². The summed E-state index contributed by atoms with van der Waals surface area (Å²) in [5.74, 6) is 2.61. The van der Waals surface area contributed by atoms with E-state index >= 15 is 0 Å². The van der Waals surface area contributed by atoms with Gasteiger partial charge in [0, 0.05) is 96.0 Å². The van der Waals surface area contributed by atoms with E-state index in [9.17, 15) is 0 Å². The smallest absolute Gasteiger partial charge is 0.160 e. The molecule has 10 aromatic carbocycles. The molecule has 0 saturated carbocycles. The zero-order valence-electron chi connectivity index (χ0n) is 53.9. The molecule has 4 aliphatic rings. The zero-order chi connectivity index (χ0) is 63.7. The van der Waals surface area contributed by atoms with E-state index < -0.39 is 16.2 Å². The Morgan fingerprint density at radius 2 is 0.734 bits per heavy atom. The van der Waals surface area contributed by atoms with Crippen LogP contribution in [-0.2, 0) is 28.1 Å². The number of nitrogens with zero attached hydrogens (tertiary/aromatic N) is 8. The van der Waals surface area contributed by atoms with Gasteiger partial charge in [-0.1, -0.05) is 206 Å². The second-order valence-corrected chi connectivity index (χ2v) is 27.4. The van der Waals surface area contributed by atoms with Gasteiger partial charge in [0.15, 0.2) is 5.82 Å². The first kappa shape index (κ1) is 56.7. The molecule has 94 heavy (non-hydrogen) atoms. The summed E-state index contributed by atoms with van der Waals surface area (Å²) in [6, 6.07) is 99.1. The Hall–Kier alpha value is -11.2. The molecule has 1 atom stereocenters. The standard InChI is InChI=1S/C86H70N8/c1-83(2)66-39-24-40-67-78(66)93(76-45-43-59(50-70(76)83)80-89-74(57-28-13-8-14-29-57)54-75(90-80)58-30-15-9-16-31-58)82-69(42-26-48-88-82)86(67,7)55-56-27-23-38-63(49-56)92(62-36-21-12-22-37-62)64-44-46-77-71(51-64)85(5,6)73-53-65(91(60-32-17-10-18-33-60)61-34-19-11-20-35-61)52-72-79(73)94(77)81-68(84(72,3)4)41-25-47-87-81/h8-54H,55H2,1-7H3. The van der Waals surface area contributed by atoms with Crippen molar-refractivity contribution in [2.75, 3.05) is 19.6 Å². The van der Waals surface area contributed by atoms with Gasteiger partial charge in [-0.3, -0.25) is 9.80 Å². The van der Waals surface area contributed by atoms with Crippen molar-refractivity contribution in [3.63, 3.8) is 0 Å². The van der Waals surface area contributed by atoms with Crippen molar-refractivity contribution in [2.24, 2.45) is 0 Å². The van der Waals surface area contributed by atoms with E-state index in [1.54, 1.807) is 0 Å². The van der Waals surface area contributed by atoms with Crippen LogP contribution in [0.3, 0.4) is 0 Å². The molecule has 4 aliphatic heterocycles. The highest BCUT2D eigenvalue weighted by atomic mass is 15.2. The molecular weight excluding hydrogens is 1150 g/mol. The van der Waals surface area contributed by atoms with Gasteiger partial charge >= 0.3 is 0 Å². The number of hydrogen-bond donors (Lipinski definition) is 0. The van der Waals surface area contributed by atoms with Crippen LogP contribution >= 0.6 is 0 Å². The Morgan fingerprint density at radius 1 is 0.309 bits per heavy atom. The normalized spacial score (nSPS) is 16.1. The molecule has 13 aromatic rings.